The molecular weight excluding hydrogens is 330 g/mol. The molecule has 3 heterocycles. The molecule has 3 aliphatic heterocycles. The van der Waals surface area contributed by atoms with Crippen molar-refractivity contribution in [2.75, 3.05) is 31.6 Å². The third-order valence-electron chi connectivity index (χ3n) is 5.39. The summed E-state index contributed by atoms with van der Waals surface area (Å²) in [4.78, 5) is 33.3. The van der Waals surface area contributed by atoms with Crippen molar-refractivity contribution in [2.45, 2.75) is 31.8 Å². The van der Waals surface area contributed by atoms with Gasteiger partial charge in [-0.1, -0.05) is 30.4 Å². The van der Waals surface area contributed by atoms with Crippen LogP contribution in [0.4, 0.5) is 10.5 Å². The first-order chi connectivity index (χ1) is 12.5. The standard InChI is InChI=1S/C19H25N5O2/c1-13(2)12-24-17(25)15-16(21(3)19(24)26)20-18-22(10-7-11-23(15)18)14-8-5-4-6-9-14/h4-6,8-9,15-16,18,20H,1,7,10-12H2,2-3H3. The van der Waals surface area contributed by atoms with E-state index in [1.165, 1.54) is 4.90 Å². The molecule has 138 valence electrons. The second-order valence-electron chi connectivity index (χ2n) is 7.33. The maximum atomic E-state index is 13.1. The van der Waals surface area contributed by atoms with Crippen LogP contribution in [0.5, 0.6) is 0 Å². The average molecular weight is 355 g/mol. The molecule has 0 radical (unpaired) electrons. The monoisotopic (exact) mass is 355 g/mol. The number of nitrogens with zero attached hydrogens (tertiary/aromatic N) is 4. The predicted molar refractivity (Wildman–Crippen MR) is 99.3 cm³/mol. The number of carbonyl (C=O) groups excluding carboxylic acids is 2. The van der Waals surface area contributed by atoms with Gasteiger partial charge in [-0.3, -0.25) is 19.9 Å². The summed E-state index contributed by atoms with van der Waals surface area (Å²) in [6, 6.07) is 9.57. The van der Waals surface area contributed by atoms with Crippen molar-refractivity contribution in [1.82, 2.24) is 20.0 Å². The zero-order valence-corrected chi connectivity index (χ0v) is 15.3. The van der Waals surface area contributed by atoms with Gasteiger partial charge < -0.3 is 9.80 Å². The van der Waals surface area contributed by atoms with Gasteiger partial charge in [-0.15, -0.1) is 0 Å². The van der Waals surface area contributed by atoms with E-state index in [0.29, 0.717) is 0 Å². The highest BCUT2D eigenvalue weighted by Gasteiger charge is 2.55. The fraction of sp³-hybridized carbons (Fsp3) is 0.474. The lowest BCUT2D eigenvalue weighted by Gasteiger charge is -2.43. The molecule has 0 spiro atoms. The summed E-state index contributed by atoms with van der Waals surface area (Å²) in [5, 5.41) is 3.51. The van der Waals surface area contributed by atoms with E-state index in [-0.39, 0.29) is 37.0 Å². The van der Waals surface area contributed by atoms with Crippen molar-refractivity contribution in [1.29, 1.82) is 0 Å². The maximum Gasteiger partial charge on any atom is 0.328 e. The van der Waals surface area contributed by atoms with Crippen LogP contribution in [0.2, 0.25) is 0 Å². The number of imide groups is 1. The number of fused-ring (bicyclic) bond motifs is 3. The Hall–Kier alpha value is -2.38. The molecule has 3 atom stereocenters. The summed E-state index contributed by atoms with van der Waals surface area (Å²) in [5.41, 5.74) is 1.92. The summed E-state index contributed by atoms with van der Waals surface area (Å²) < 4.78 is 0. The molecule has 1 aromatic rings. The normalized spacial score (nSPS) is 29.0. The number of urea groups is 1. The molecule has 7 heteroatoms. The van der Waals surface area contributed by atoms with E-state index in [1.807, 2.05) is 25.1 Å². The van der Waals surface area contributed by atoms with E-state index < -0.39 is 0 Å². The quantitative estimate of drug-likeness (QED) is 0.827. The molecule has 3 fully saturated rings. The smallest absolute Gasteiger partial charge is 0.328 e. The Morgan fingerprint density at radius 2 is 1.96 bits per heavy atom. The summed E-state index contributed by atoms with van der Waals surface area (Å²) in [7, 11) is 1.76. The van der Waals surface area contributed by atoms with Crippen LogP contribution in [-0.2, 0) is 4.79 Å². The lowest BCUT2D eigenvalue weighted by molar-refractivity contribution is -0.138. The van der Waals surface area contributed by atoms with Gasteiger partial charge in [0.25, 0.3) is 5.91 Å². The number of carbonyl (C=O) groups is 2. The van der Waals surface area contributed by atoms with Gasteiger partial charge >= 0.3 is 6.03 Å². The molecule has 1 aromatic carbocycles. The molecule has 4 rings (SSSR count). The summed E-state index contributed by atoms with van der Waals surface area (Å²) >= 11 is 0. The van der Waals surface area contributed by atoms with Crippen LogP contribution in [0.3, 0.4) is 0 Å². The van der Waals surface area contributed by atoms with Crippen molar-refractivity contribution in [3.63, 3.8) is 0 Å². The Kier molecular flexibility index (Phi) is 4.20. The number of anilines is 1. The van der Waals surface area contributed by atoms with E-state index in [0.717, 1.165) is 30.8 Å². The number of likely N-dealkylation sites (N-methyl/N-ethyl adjacent to an activating group) is 1. The highest BCUT2D eigenvalue weighted by Crippen LogP contribution is 2.33. The Bertz CT molecular complexity index is 737. The third kappa shape index (κ3) is 2.59. The first-order valence-electron chi connectivity index (χ1n) is 9.05. The number of hydrogen-bond donors (Lipinski definition) is 1. The zero-order valence-electron chi connectivity index (χ0n) is 15.3. The maximum absolute atomic E-state index is 13.1. The summed E-state index contributed by atoms with van der Waals surface area (Å²) in [6.45, 7) is 7.71. The molecule has 3 unspecified atom stereocenters. The predicted octanol–water partition coefficient (Wildman–Crippen LogP) is 1.25. The molecule has 26 heavy (non-hydrogen) atoms. The summed E-state index contributed by atoms with van der Waals surface area (Å²) in [6.07, 6.45) is 0.567. The van der Waals surface area contributed by atoms with E-state index in [4.69, 9.17) is 0 Å². The largest absolute Gasteiger partial charge is 0.343 e. The Morgan fingerprint density at radius 1 is 1.23 bits per heavy atom. The Labute approximate surface area is 153 Å². The van der Waals surface area contributed by atoms with Crippen LogP contribution in [-0.4, -0.2) is 71.8 Å². The second kappa shape index (κ2) is 6.41. The lowest BCUT2D eigenvalue weighted by atomic mass is 10.1. The SMILES string of the molecule is C=C(C)CN1C(=O)C2C(NC3N(c4ccccc4)CCCN23)N(C)C1=O. The zero-order chi connectivity index (χ0) is 18.4. The van der Waals surface area contributed by atoms with E-state index in [2.05, 4.69) is 33.8 Å². The molecule has 0 aromatic heterocycles. The van der Waals surface area contributed by atoms with Crippen molar-refractivity contribution >= 4 is 17.6 Å². The molecule has 0 bridgehead atoms. The molecule has 3 amide bonds. The molecular formula is C19H25N5O2. The van der Waals surface area contributed by atoms with E-state index in [1.54, 1.807) is 11.9 Å². The van der Waals surface area contributed by atoms with E-state index in [9.17, 15) is 9.59 Å². The molecule has 1 N–H and O–H groups in total. The highest BCUT2D eigenvalue weighted by molar-refractivity contribution is 6.00. The van der Waals surface area contributed by atoms with Gasteiger partial charge in [0.05, 0.1) is 6.54 Å². The molecule has 0 aliphatic carbocycles. The van der Waals surface area contributed by atoms with Gasteiger partial charge in [0, 0.05) is 25.8 Å². The van der Waals surface area contributed by atoms with Gasteiger partial charge in [0.15, 0.2) is 0 Å². The number of rotatable bonds is 3. The lowest BCUT2D eigenvalue weighted by Crippen LogP contribution is -2.66. The van der Waals surface area contributed by atoms with Crippen LogP contribution < -0.4 is 10.2 Å². The molecule has 3 aliphatic rings. The Morgan fingerprint density at radius 3 is 2.65 bits per heavy atom. The molecule has 7 nitrogen and oxygen atoms in total. The first-order valence-corrected chi connectivity index (χ1v) is 9.05. The number of hydrogen-bond acceptors (Lipinski definition) is 5. The van der Waals surface area contributed by atoms with Crippen molar-refractivity contribution in [3.05, 3.63) is 42.5 Å². The van der Waals surface area contributed by atoms with Crippen LogP contribution in [0.15, 0.2) is 42.5 Å². The minimum Gasteiger partial charge on any atom is -0.343 e. The van der Waals surface area contributed by atoms with Crippen molar-refractivity contribution in [3.8, 4) is 0 Å². The molecule has 3 saturated heterocycles. The van der Waals surface area contributed by atoms with Gasteiger partial charge in [-0.2, -0.15) is 0 Å². The minimum atomic E-state index is -0.367. The minimum absolute atomic E-state index is 0.0925. The fourth-order valence-corrected chi connectivity index (χ4v) is 4.22. The third-order valence-corrected chi connectivity index (χ3v) is 5.39. The highest BCUT2D eigenvalue weighted by atomic mass is 16.2. The van der Waals surface area contributed by atoms with Gasteiger partial charge in [-0.25, -0.2) is 4.79 Å². The summed E-state index contributed by atoms with van der Waals surface area (Å²) in [5.74, 6) is -0.133. The van der Waals surface area contributed by atoms with Crippen LogP contribution in [0.1, 0.15) is 13.3 Å². The topological polar surface area (TPSA) is 59.1 Å². The second-order valence-corrected chi connectivity index (χ2v) is 7.33. The average Bonchev–Trinajstić information content (AvgIpc) is 3.04. The van der Waals surface area contributed by atoms with Gasteiger partial charge in [-0.05, 0) is 25.5 Å². The van der Waals surface area contributed by atoms with Crippen LogP contribution >= 0.6 is 0 Å². The van der Waals surface area contributed by atoms with Gasteiger partial charge in [0.1, 0.15) is 18.5 Å². The van der Waals surface area contributed by atoms with Crippen LogP contribution in [0.25, 0.3) is 0 Å². The fourth-order valence-electron chi connectivity index (χ4n) is 4.22. The first kappa shape index (κ1) is 17.1. The molecule has 0 saturated carbocycles. The van der Waals surface area contributed by atoms with E-state index >= 15 is 0 Å². The van der Waals surface area contributed by atoms with Crippen molar-refractivity contribution in [2.24, 2.45) is 0 Å². The number of para-hydroxylation sites is 1. The van der Waals surface area contributed by atoms with Gasteiger partial charge in [0.2, 0.25) is 0 Å². The van der Waals surface area contributed by atoms with Crippen LogP contribution in [0, 0.1) is 0 Å². The number of amides is 3. The number of nitrogens with one attached hydrogen (secondary N) is 1. The Balaban J connectivity index is 1.65. The number of benzene rings is 1. The van der Waals surface area contributed by atoms with Crippen molar-refractivity contribution < 1.29 is 9.59 Å².